The lowest BCUT2D eigenvalue weighted by Gasteiger charge is -2.13. The van der Waals surface area contributed by atoms with E-state index in [1.807, 2.05) is 0 Å². The Bertz CT molecular complexity index is 598. The van der Waals surface area contributed by atoms with Crippen LogP contribution in [0.2, 0.25) is 0 Å². The second kappa shape index (κ2) is 5.08. The Kier molecular flexibility index (Phi) is 3.66. The molecule has 6 nitrogen and oxygen atoms in total. The number of rotatable bonds is 4. The average Bonchev–Trinajstić information content (AvgIpc) is 2.67. The minimum Gasteiger partial charge on any atom is -0.399 e. The number of amides is 1. The highest BCUT2D eigenvalue weighted by molar-refractivity contribution is 7.91. The van der Waals surface area contributed by atoms with Gasteiger partial charge in [0, 0.05) is 17.9 Å². The van der Waals surface area contributed by atoms with Gasteiger partial charge in [0.15, 0.2) is 9.84 Å². The molecule has 1 heterocycles. The minimum absolute atomic E-state index is 0.0725. The second-order valence-corrected chi connectivity index (χ2v) is 7.05. The Morgan fingerprint density at radius 2 is 2.16 bits per heavy atom. The molecule has 1 amide bonds. The van der Waals surface area contributed by atoms with Crippen molar-refractivity contribution >= 4 is 27.1 Å². The van der Waals surface area contributed by atoms with Gasteiger partial charge in [0.05, 0.1) is 17.1 Å². The minimum atomic E-state index is -2.88. The van der Waals surface area contributed by atoms with Gasteiger partial charge in [0.1, 0.15) is 0 Å². The maximum atomic E-state index is 11.4. The molecule has 1 aliphatic heterocycles. The summed E-state index contributed by atoms with van der Waals surface area (Å²) in [5, 5.41) is 3.08. The van der Waals surface area contributed by atoms with Crippen molar-refractivity contribution in [3.63, 3.8) is 0 Å². The Labute approximate surface area is 112 Å². The number of carbonyl (C=O) groups excluding carboxylic acids is 1. The normalized spacial score (nSPS) is 21.2. The van der Waals surface area contributed by atoms with Crippen molar-refractivity contribution in [3.8, 4) is 0 Å². The summed E-state index contributed by atoms with van der Waals surface area (Å²) >= 11 is 0. The van der Waals surface area contributed by atoms with Gasteiger partial charge in [-0.15, -0.1) is 0 Å². The van der Waals surface area contributed by atoms with Gasteiger partial charge < -0.3 is 16.8 Å². The van der Waals surface area contributed by atoms with Gasteiger partial charge in [0.25, 0.3) is 5.91 Å². The SMILES string of the molecule is NC(=O)c1cc(N)ccc1NCC1CCS(=O)(=O)C1. The summed E-state index contributed by atoms with van der Waals surface area (Å²) in [5.74, 6) is -0.0536. The molecule has 2 rings (SSSR count). The maximum Gasteiger partial charge on any atom is 0.250 e. The van der Waals surface area contributed by atoms with Gasteiger partial charge in [-0.2, -0.15) is 0 Å². The molecule has 104 valence electrons. The number of anilines is 2. The van der Waals surface area contributed by atoms with Crippen molar-refractivity contribution < 1.29 is 13.2 Å². The average molecular weight is 283 g/mol. The molecule has 1 aliphatic rings. The largest absolute Gasteiger partial charge is 0.399 e. The molecule has 19 heavy (non-hydrogen) atoms. The number of sulfone groups is 1. The van der Waals surface area contributed by atoms with Gasteiger partial charge >= 0.3 is 0 Å². The molecule has 1 saturated heterocycles. The third-order valence-electron chi connectivity index (χ3n) is 3.22. The van der Waals surface area contributed by atoms with Crippen LogP contribution in [0.1, 0.15) is 16.8 Å². The first-order valence-electron chi connectivity index (χ1n) is 6.01. The maximum absolute atomic E-state index is 11.4. The zero-order valence-corrected chi connectivity index (χ0v) is 11.2. The monoisotopic (exact) mass is 283 g/mol. The lowest BCUT2D eigenvalue weighted by atomic mass is 10.1. The van der Waals surface area contributed by atoms with E-state index in [9.17, 15) is 13.2 Å². The van der Waals surface area contributed by atoms with E-state index in [1.54, 1.807) is 12.1 Å². The van der Waals surface area contributed by atoms with E-state index in [0.717, 1.165) is 0 Å². The summed E-state index contributed by atoms with van der Waals surface area (Å²) < 4.78 is 22.7. The summed E-state index contributed by atoms with van der Waals surface area (Å²) in [6, 6.07) is 4.86. The van der Waals surface area contributed by atoms with E-state index in [-0.39, 0.29) is 17.4 Å². The highest BCUT2D eigenvalue weighted by Gasteiger charge is 2.27. The molecule has 7 heteroatoms. The molecular formula is C12H17N3O3S. The van der Waals surface area contributed by atoms with Crippen LogP contribution in [0, 0.1) is 5.92 Å². The first-order valence-corrected chi connectivity index (χ1v) is 7.83. The molecule has 0 radical (unpaired) electrons. The van der Waals surface area contributed by atoms with E-state index in [2.05, 4.69) is 5.32 Å². The molecule has 0 aromatic heterocycles. The van der Waals surface area contributed by atoms with Gasteiger partial charge in [-0.1, -0.05) is 0 Å². The zero-order chi connectivity index (χ0) is 14.0. The molecule has 5 N–H and O–H groups in total. The van der Waals surface area contributed by atoms with Gasteiger partial charge in [-0.25, -0.2) is 8.42 Å². The van der Waals surface area contributed by atoms with Crippen molar-refractivity contribution in [1.82, 2.24) is 0 Å². The molecule has 1 aromatic carbocycles. The van der Waals surface area contributed by atoms with Crippen LogP contribution in [0.4, 0.5) is 11.4 Å². The summed E-state index contributed by atoms with van der Waals surface area (Å²) in [5.41, 5.74) is 12.3. The van der Waals surface area contributed by atoms with Crippen LogP contribution in [0.15, 0.2) is 18.2 Å². The van der Waals surface area contributed by atoms with E-state index in [1.165, 1.54) is 6.07 Å². The summed E-state index contributed by atoms with van der Waals surface area (Å²) in [4.78, 5) is 11.3. The van der Waals surface area contributed by atoms with Crippen LogP contribution in [-0.4, -0.2) is 32.4 Å². The molecule has 1 atom stereocenters. The lowest BCUT2D eigenvalue weighted by molar-refractivity contribution is 0.100. The number of nitrogen functional groups attached to an aromatic ring is 1. The number of hydrogen-bond acceptors (Lipinski definition) is 5. The molecular weight excluding hydrogens is 266 g/mol. The Balaban J connectivity index is 2.06. The fourth-order valence-corrected chi connectivity index (χ4v) is 4.07. The summed E-state index contributed by atoms with van der Waals surface area (Å²) in [6.07, 6.45) is 0.649. The van der Waals surface area contributed by atoms with E-state index in [0.29, 0.717) is 29.9 Å². The first-order chi connectivity index (χ1) is 8.87. The summed E-state index contributed by atoms with van der Waals surface area (Å²) in [6.45, 7) is 0.503. The fourth-order valence-electron chi connectivity index (χ4n) is 2.21. The first kappa shape index (κ1) is 13.7. The highest BCUT2D eigenvalue weighted by atomic mass is 32.2. The Morgan fingerprint density at radius 3 is 2.74 bits per heavy atom. The molecule has 1 aromatic rings. The molecule has 0 spiro atoms. The standard InChI is InChI=1S/C12H17N3O3S/c13-9-1-2-11(10(5-9)12(14)16)15-6-8-3-4-19(17,18)7-8/h1-2,5,8,15H,3-4,6-7,13H2,(H2,14,16). The third-order valence-corrected chi connectivity index (χ3v) is 5.05. The van der Waals surface area contributed by atoms with E-state index < -0.39 is 15.7 Å². The number of nitrogens with one attached hydrogen (secondary N) is 1. The topological polar surface area (TPSA) is 115 Å². The molecule has 1 fully saturated rings. The molecule has 0 aliphatic carbocycles. The third kappa shape index (κ3) is 3.37. The van der Waals surface area contributed by atoms with Gasteiger partial charge in [-0.05, 0) is 30.5 Å². The van der Waals surface area contributed by atoms with Crippen molar-refractivity contribution in [1.29, 1.82) is 0 Å². The fraction of sp³-hybridized carbons (Fsp3) is 0.417. The van der Waals surface area contributed by atoms with Crippen LogP contribution in [0.25, 0.3) is 0 Å². The van der Waals surface area contributed by atoms with Gasteiger partial charge in [-0.3, -0.25) is 4.79 Å². The number of carbonyl (C=O) groups is 1. The lowest BCUT2D eigenvalue weighted by Crippen LogP contribution is -2.19. The van der Waals surface area contributed by atoms with Crippen LogP contribution in [0.5, 0.6) is 0 Å². The highest BCUT2D eigenvalue weighted by Crippen LogP contribution is 2.22. The van der Waals surface area contributed by atoms with E-state index in [4.69, 9.17) is 11.5 Å². The Morgan fingerprint density at radius 1 is 1.42 bits per heavy atom. The van der Waals surface area contributed by atoms with Crippen molar-refractivity contribution in [2.45, 2.75) is 6.42 Å². The quantitative estimate of drug-likeness (QED) is 0.683. The number of hydrogen-bond donors (Lipinski definition) is 3. The molecule has 1 unspecified atom stereocenters. The van der Waals surface area contributed by atoms with Gasteiger partial charge in [0.2, 0.25) is 0 Å². The van der Waals surface area contributed by atoms with Crippen LogP contribution in [-0.2, 0) is 9.84 Å². The summed E-state index contributed by atoms with van der Waals surface area (Å²) in [7, 11) is -2.88. The van der Waals surface area contributed by atoms with Crippen molar-refractivity contribution in [3.05, 3.63) is 23.8 Å². The van der Waals surface area contributed by atoms with Crippen molar-refractivity contribution in [2.24, 2.45) is 11.7 Å². The second-order valence-electron chi connectivity index (χ2n) is 4.82. The smallest absolute Gasteiger partial charge is 0.250 e. The number of nitrogens with two attached hydrogens (primary N) is 2. The van der Waals surface area contributed by atoms with Crippen molar-refractivity contribution in [2.75, 3.05) is 29.1 Å². The predicted molar refractivity (Wildman–Crippen MR) is 74.6 cm³/mol. The van der Waals surface area contributed by atoms with Crippen LogP contribution >= 0.6 is 0 Å². The number of primary amides is 1. The molecule has 0 bridgehead atoms. The zero-order valence-electron chi connectivity index (χ0n) is 10.4. The van der Waals surface area contributed by atoms with Crippen LogP contribution in [0.3, 0.4) is 0 Å². The number of benzene rings is 1. The predicted octanol–water partition coefficient (Wildman–Crippen LogP) is 0.214. The van der Waals surface area contributed by atoms with E-state index >= 15 is 0 Å². The molecule has 0 saturated carbocycles. The Hall–Kier alpha value is -1.76. The van der Waals surface area contributed by atoms with Crippen LogP contribution < -0.4 is 16.8 Å².